The molecule has 0 saturated heterocycles. The molecular weight excluding hydrogens is 381 g/mol. The molecule has 0 aliphatic carbocycles. The molecule has 0 radical (unpaired) electrons. The smallest absolute Gasteiger partial charge is 0.274 e. The van der Waals surface area contributed by atoms with Crippen molar-refractivity contribution >= 4 is 5.69 Å². The highest BCUT2D eigenvalue weighted by molar-refractivity contribution is 5.62. The molecule has 6 heteroatoms. The van der Waals surface area contributed by atoms with Crippen LogP contribution in [0.2, 0.25) is 0 Å². The van der Waals surface area contributed by atoms with E-state index >= 15 is 0 Å². The van der Waals surface area contributed by atoms with E-state index in [1.54, 1.807) is 42.2 Å². The average molecular weight is 401 g/mol. The summed E-state index contributed by atoms with van der Waals surface area (Å²) < 4.78 is 20.6. The van der Waals surface area contributed by atoms with Crippen molar-refractivity contribution in [1.29, 1.82) is 0 Å². The summed E-state index contributed by atoms with van der Waals surface area (Å²) in [6.07, 6.45) is 3.28. The monoisotopic (exact) mass is 401 g/mol. The average Bonchev–Trinajstić information content (AvgIpc) is 2.77. The lowest BCUT2D eigenvalue weighted by Crippen LogP contribution is -2.24. The molecule has 2 aromatic heterocycles. The second-order valence-corrected chi connectivity index (χ2v) is 6.72. The summed E-state index contributed by atoms with van der Waals surface area (Å²) in [6.45, 7) is 0.326. The van der Waals surface area contributed by atoms with Gasteiger partial charge in [-0.3, -0.25) is 9.78 Å². The fourth-order valence-electron chi connectivity index (χ4n) is 3.21. The summed E-state index contributed by atoms with van der Waals surface area (Å²) in [5.41, 5.74) is 2.96. The molecule has 0 saturated carbocycles. The zero-order valence-corrected chi connectivity index (χ0v) is 16.4. The van der Waals surface area contributed by atoms with Gasteiger partial charge in [-0.25, -0.2) is 4.39 Å². The van der Waals surface area contributed by atoms with E-state index in [0.29, 0.717) is 23.7 Å². The van der Waals surface area contributed by atoms with Crippen LogP contribution in [0, 0.1) is 5.82 Å². The normalized spacial score (nSPS) is 10.6. The molecule has 0 aliphatic rings. The predicted octanol–water partition coefficient (Wildman–Crippen LogP) is 4.93. The van der Waals surface area contributed by atoms with Gasteiger partial charge < -0.3 is 14.6 Å². The molecule has 0 bridgehead atoms. The SMILES string of the molecule is CNc1ccc(-c2ccccc2)n(Cc2cncc(Oc3ccc(F)cc3)c2)c1=O. The molecule has 5 nitrogen and oxygen atoms in total. The summed E-state index contributed by atoms with van der Waals surface area (Å²) in [5.74, 6) is 0.694. The lowest BCUT2D eigenvalue weighted by Gasteiger charge is -2.15. The van der Waals surface area contributed by atoms with Crippen LogP contribution in [0.25, 0.3) is 11.3 Å². The number of nitrogens with zero attached hydrogens (tertiary/aromatic N) is 2. The molecule has 30 heavy (non-hydrogen) atoms. The quantitative estimate of drug-likeness (QED) is 0.498. The zero-order valence-electron chi connectivity index (χ0n) is 16.4. The number of benzene rings is 2. The highest BCUT2D eigenvalue weighted by Gasteiger charge is 2.11. The molecule has 0 spiro atoms. The molecule has 4 aromatic rings. The van der Waals surface area contributed by atoms with Gasteiger partial charge in [0, 0.05) is 13.2 Å². The van der Waals surface area contributed by atoms with E-state index in [2.05, 4.69) is 10.3 Å². The van der Waals surface area contributed by atoms with Crippen molar-refractivity contribution in [1.82, 2.24) is 9.55 Å². The maximum atomic E-state index is 13.1. The summed E-state index contributed by atoms with van der Waals surface area (Å²) in [7, 11) is 1.72. The van der Waals surface area contributed by atoms with Crippen LogP contribution in [0.3, 0.4) is 0 Å². The van der Waals surface area contributed by atoms with E-state index in [-0.39, 0.29) is 11.4 Å². The minimum atomic E-state index is -0.327. The van der Waals surface area contributed by atoms with Gasteiger partial charge in [0.05, 0.1) is 18.4 Å². The molecule has 2 aromatic carbocycles. The van der Waals surface area contributed by atoms with Gasteiger partial charge in [0.25, 0.3) is 5.56 Å². The zero-order chi connectivity index (χ0) is 20.9. The number of anilines is 1. The molecule has 0 amide bonds. The fraction of sp³-hybridized carbons (Fsp3) is 0.0833. The van der Waals surface area contributed by atoms with Crippen LogP contribution in [0.15, 0.2) is 90.0 Å². The first-order valence-electron chi connectivity index (χ1n) is 9.48. The van der Waals surface area contributed by atoms with Crippen molar-refractivity contribution in [3.63, 3.8) is 0 Å². The molecule has 1 N–H and O–H groups in total. The molecule has 150 valence electrons. The number of hydrogen-bond donors (Lipinski definition) is 1. The number of nitrogens with one attached hydrogen (secondary N) is 1. The number of halogens is 1. The maximum absolute atomic E-state index is 13.1. The van der Waals surface area contributed by atoms with Gasteiger partial charge >= 0.3 is 0 Å². The minimum absolute atomic E-state index is 0.122. The molecular formula is C24H20FN3O2. The predicted molar refractivity (Wildman–Crippen MR) is 115 cm³/mol. The van der Waals surface area contributed by atoms with E-state index < -0.39 is 0 Å². The van der Waals surface area contributed by atoms with Gasteiger partial charge in [-0.2, -0.15) is 0 Å². The second-order valence-electron chi connectivity index (χ2n) is 6.72. The summed E-state index contributed by atoms with van der Waals surface area (Å²) in [6, 6.07) is 21.1. The lowest BCUT2D eigenvalue weighted by atomic mass is 10.1. The lowest BCUT2D eigenvalue weighted by molar-refractivity contribution is 0.477. The standard InChI is InChI=1S/C24H20FN3O2/c1-26-22-11-12-23(18-5-3-2-4-6-18)28(24(22)29)16-17-13-21(15-27-14-17)30-20-9-7-19(25)8-10-20/h2-15,26H,16H2,1H3. The number of rotatable bonds is 6. The van der Waals surface area contributed by atoms with Crippen molar-refractivity contribution in [2.24, 2.45) is 0 Å². The van der Waals surface area contributed by atoms with E-state index in [1.807, 2.05) is 42.5 Å². The topological polar surface area (TPSA) is 56.1 Å². The Morgan fingerprint density at radius 2 is 1.73 bits per heavy atom. The van der Waals surface area contributed by atoms with E-state index in [0.717, 1.165) is 16.8 Å². The first-order valence-corrected chi connectivity index (χ1v) is 9.48. The second kappa shape index (κ2) is 8.61. The van der Waals surface area contributed by atoms with Crippen molar-refractivity contribution in [2.75, 3.05) is 12.4 Å². The van der Waals surface area contributed by atoms with Crippen LogP contribution in [0.1, 0.15) is 5.56 Å². The van der Waals surface area contributed by atoms with Gasteiger partial charge in [-0.15, -0.1) is 0 Å². The Morgan fingerprint density at radius 3 is 2.47 bits per heavy atom. The molecule has 0 unspecified atom stereocenters. The van der Waals surface area contributed by atoms with Crippen LogP contribution in [0.4, 0.5) is 10.1 Å². The number of ether oxygens (including phenoxy) is 1. The van der Waals surface area contributed by atoms with Gasteiger partial charge in [-0.1, -0.05) is 30.3 Å². The third kappa shape index (κ3) is 4.22. The fourth-order valence-corrected chi connectivity index (χ4v) is 3.21. The molecule has 0 aliphatic heterocycles. The van der Waals surface area contributed by atoms with Crippen molar-refractivity contribution in [2.45, 2.75) is 6.54 Å². The van der Waals surface area contributed by atoms with Gasteiger partial charge in [-0.05, 0) is 53.6 Å². The number of hydrogen-bond acceptors (Lipinski definition) is 4. The van der Waals surface area contributed by atoms with Crippen LogP contribution in [0.5, 0.6) is 11.5 Å². The Hall–Kier alpha value is -3.93. The summed E-state index contributed by atoms with van der Waals surface area (Å²) >= 11 is 0. The third-order valence-electron chi connectivity index (χ3n) is 4.67. The first kappa shape index (κ1) is 19.4. The Kier molecular flexibility index (Phi) is 5.57. The Balaban J connectivity index is 1.68. The molecule has 2 heterocycles. The van der Waals surface area contributed by atoms with Crippen LogP contribution >= 0.6 is 0 Å². The van der Waals surface area contributed by atoms with Crippen LogP contribution in [-0.4, -0.2) is 16.6 Å². The summed E-state index contributed by atoms with van der Waals surface area (Å²) in [4.78, 5) is 17.3. The Morgan fingerprint density at radius 1 is 0.967 bits per heavy atom. The maximum Gasteiger partial charge on any atom is 0.274 e. The highest BCUT2D eigenvalue weighted by Crippen LogP contribution is 2.24. The number of aromatic nitrogens is 2. The van der Waals surface area contributed by atoms with E-state index in [1.165, 1.54) is 12.1 Å². The molecule has 0 atom stereocenters. The van der Waals surface area contributed by atoms with Crippen molar-refractivity contribution in [3.05, 3.63) is 107 Å². The number of pyridine rings is 2. The Bertz CT molecular complexity index is 1210. The molecule has 4 rings (SSSR count). The Labute approximate surface area is 173 Å². The van der Waals surface area contributed by atoms with E-state index in [9.17, 15) is 9.18 Å². The van der Waals surface area contributed by atoms with E-state index in [4.69, 9.17) is 4.74 Å². The van der Waals surface area contributed by atoms with Crippen LogP contribution in [-0.2, 0) is 6.54 Å². The van der Waals surface area contributed by atoms with Gasteiger partial charge in [0.15, 0.2) is 0 Å². The molecule has 0 fully saturated rings. The van der Waals surface area contributed by atoms with Crippen molar-refractivity contribution in [3.8, 4) is 22.8 Å². The minimum Gasteiger partial charge on any atom is -0.456 e. The summed E-state index contributed by atoms with van der Waals surface area (Å²) in [5, 5.41) is 2.94. The van der Waals surface area contributed by atoms with Gasteiger partial charge in [0.1, 0.15) is 23.0 Å². The van der Waals surface area contributed by atoms with Crippen molar-refractivity contribution < 1.29 is 9.13 Å². The largest absolute Gasteiger partial charge is 0.456 e. The first-order chi connectivity index (χ1) is 14.6. The highest BCUT2D eigenvalue weighted by atomic mass is 19.1. The van der Waals surface area contributed by atoms with Gasteiger partial charge in [0.2, 0.25) is 0 Å². The van der Waals surface area contributed by atoms with Crippen LogP contribution < -0.4 is 15.6 Å². The third-order valence-corrected chi connectivity index (χ3v) is 4.67.